The highest BCUT2D eigenvalue weighted by Gasteiger charge is 2.32. The Kier molecular flexibility index (Phi) is 6.14. The summed E-state index contributed by atoms with van der Waals surface area (Å²) in [6.07, 6.45) is 1.01. The molecule has 1 saturated heterocycles. The lowest BCUT2D eigenvalue weighted by molar-refractivity contribution is 0.136. The number of amides is 1. The summed E-state index contributed by atoms with van der Waals surface area (Å²) in [5, 5.41) is 20.5. The highest BCUT2D eigenvalue weighted by molar-refractivity contribution is 6.34. The van der Waals surface area contributed by atoms with Crippen LogP contribution in [0.1, 0.15) is 31.2 Å². The standard InChI is InChI=1S/C28H25ClFN5O4/c1-15-14-33(28(38)39)11-12-34(15)25-18-13-19(29)24(23-20(30)6-4-8-22(23)36)31-26(18)35(27(37)32-25)21-7-3-2-5-17(21)16-9-10-16/h2-8,13,15-16,36H,9-12,14H2,1H3,(H,38,39). The lowest BCUT2D eigenvalue weighted by Crippen LogP contribution is -2.54. The summed E-state index contributed by atoms with van der Waals surface area (Å²) in [7, 11) is 0. The number of carbonyl (C=O) groups is 1. The number of anilines is 1. The van der Waals surface area contributed by atoms with Gasteiger partial charge in [-0.1, -0.05) is 35.9 Å². The second-order valence-electron chi connectivity index (χ2n) is 9.98. The van der Waals surface area contributed by atoms with Gasteiger partial charge in [0.05, 0.1) is 27.4 Å². The van der Waals surface area contributed by atoms with Gasteiger partial charge in [0.15, 0.2) is 5.65 Å². The second-order valence-corrected chi connectivity index (χ2v) is 10.4. The van der Waals surface area contributed by atoms with Gasteiger partial charge >= 0.3 is 11.8 Å². The molecule has 3 heterocycles. The van der Waals surface area contributed by atoms with Crippen LogP contribution in [0.5, 0.6) is 5.75 Å². The Morgan fingerprint density at radius 2 is 1.87 bits per heavy atom. The first kappa shape index (κ1) is 25.1. The molecule has 6 rings (SSSR count). The van der Waals surface area contributed by atoms with Crippen LogP contribution in [0.3, 0.4) is 0 Å². The zero-order chi connectivity index (χ0) is 27.4. The fourth-order valence-electron chi connectivity index (χ4n) is 5.34. The number of halogens is 2. The van der Waals surface area contributed by atoms with Gasteiger partial charge in [0.1, 0.15) is 17.4 Å². The molecule has 2 aromatic carbocycles. The van der Waals surface area contributed by atoms with E-state index in [0.717, 1.165) is 18.4 Å². The summed E-state index contributed by atoms with van der Waals surface area (Å²) in [5.74, 6) is -0.395. The van der Waals surface area contributed by atoms with Crippen LogP contribution < -0.4 is 10.6 Å². The first-order valence-electron chi connectivity index (χ1n) is 12.7. The van der Waals surface area contributed by atoms with Crippen LogP contribution in [-0.4, -0.2) is 61.4 Å². The third-order valence-corrected chi connectivity index (χ3v) is 7.68. The maximum absolute atomic E-state index is 14.9. The maximum atomic E-state index is 14.9. The fourth-order valence-corrected chi connectivity index (χ4v) is 5.59. The monoisotopic (exact) mass is 549 g/mol. The second kappa shape index (κ2) is 9.53. The third kappa shape index (κ3) is 4.34. The lowest BCUT2D eigenvalue weighted by atomic mass is 10.1. The van der Waals surface area contributed by atoms with Gasteiger partial charge in [0.2, 0.25) is 0 Å². The molecule has 11 heteroatoms. The molecule has 0 radical (unpaired) electrons. The minimum absolute atomic E-state index is 0.00212. The first-order chi connectivity index (χ1) is 18.7. The molecule has 2 N–H and O–H groups in total. The number of para-hydroxylation sites is 1. The topological polar surface area (TPSA) is 112 Å². The van der Waals surface area contributed by atoms with Gasteiger partial charge in [0, 0.05) is 25.7 Å². The number of pyridine rings is 1. The van der Waals surface area contributed by atoms with Gasteiger partial charge in [0.25, 0.3) is 0 Å². The highest BCUT2D eigenvalue weighted by Crippen LogP contribution is 2.43. The predicted molar refractivity (Wildman–Crippen MR) is 146 cm³/mol. The van der Waals surface area contributed by atoms with Gasteiger partial charge < -0.3 is 20.0 Å². The van der Waals surface area contributed by atoms with Crippen molar-refractivity contribution in [1.82, 2.24) is 19.4 Å². The Bertz CT molecular complexity index is 1670. The Labute approximate surface area is 227 Å². The van der Waals surface area contributed by atoms with Crippen molar-refractivity contribution in [2.24, 2.45) is 0 Å². The molecule has 1 aliphatic carbocycles. The third-order valence-electron chi connectivity index (χ3n) is 7.39. The van der Waals surface area contributed by atoms with E-state index in [0.29, 0.717) is 29.4 Å². The van der Waals surface area contributed by atoms with Crippen LogP contribution in [0.2, 0.25) is 5.02 Å². The number of aromatic nitrogens is 3. The van der Waals surface area contributed by atoms with Crippen LogP contribution >= 0.6 is 11.6 Å². The average Bonchev–Trinajstić information content (AvgIpc) is 3.74. The molecule has 0 spiro atoms. The molecule has 1 amide bonds. The van der Waals surface area contributed by atoms with E-state index < -0.39 is 17.6 Å². The van der Waals surface area contributed by atoms with Crippen molar-refractivity contribution < 1.29 is 19.4 Å². The van der Waals surface area contributed by atoms with Gasteiger partial charge in [-0.3, -0.25) is 0 Å². The number of piperazine rings is 1. The Hall–Kier alpha value is -4.18. The summed E-state index contributed by atoms with van der Waals surface area (Å²) in [5.41, 5.74) is 1.10. The largest absolute Gasteiger partial charge is 0.507 e. The summed E-state index contributed by atoms with van der Waals surface area (Å²) >= 11 is 6.66. The SMILES string of the molecule is CC1CN(C(=O)O)CCN1c1nc(=O)n(-c2ccccc2C2CC2)c2nc(-c3c(O)cccc3F)c(Cl)cc12. The number of fused-ring (bicyclic) bond motifs is 1. The van der Waals surface area contributed by atoms with Crippen molar-refractivity contribution in [3.05, 3.63) is 75.4 Å². The molecule has 1 atom stereocenters. The van der Waals surface area contributed by atoms with E-state index in [-0.39, 0.29) is 46.8 Å². The maximum Gasteiger partial charge on any atom is 0.407 e. The number of carboxylic acid groups (broad SMARTS) is 1. The quantitative estimate of drug-likeness (QED) is 0.368. The Morgan fingerprint density at radius 1 is 1.10 bits per heavy atom. The van der Waals surface area contributed by atoms with Crippen LogP contribution in [0, 0.1) is 5.82 Å². The predicted octanol–water partition coefficient (Wildman–Crippen LogP) is 5.01. The van der Waals surface area contributed by atoms with E-state index in [1.54, 1.807) is 6.07 Å². The average molecular weight is 550 g/mol. The van der Waals surface area contributed by atoms with E-state index in [1.165, 1.54) is 27.7 Å². The zero-order valence-corrected chi connectivity index (χ0v) is 21.8. The van der Waals surface area contributed by atoms with Crippen LogP contribution in [-0.2, 0) is 0 Å². The minimum Gasteiger partial charge on any atom is -0.507 e. The number of nitrogens with zero attached hydrogens (tertiary/aromatic N) is 5. The molecule has 1 saturated carbocycles. The molecule has 1 aliphatic heterocycles. The molecule has 0 bridgehead atoms. The van der Waals surface area contributed by atoms with Crippen LogP contribution in [0.4, 0.5) is 15.0 Å². The van der Waals surface area contributed by atoms with Gasteiger partial charge in [-0.25, -0.2) is 23.5 Å². The number of phenolic OH excluding ortho intramolecular Hbond substituents is 1. The summed E-state index contributed by atoms with van der Waals surface area (Å²) in [6.45, 7) is 2.63. The van der Waals surface area contributed by atoms with E-state index in [9.17, 15) is 24.2 Å². The molecule has 9 nitrogen and oxygen atoms in total. The molecular weight excluding hydrogens is 525 g/mol. The zero-order valence-electron chi connectivity index (χ0n) is 21.0. The lowest BCUT2D eigenvalue weighted by Gasteiger charge is -2.39. The van der Waals surface area contributed by atoms with Crippen LogP contribution in [0.15, 0.2) is 53.3 Å². The van der Waals surface area contributed by atoms with E-state index >= 15 is 0 Å². The minimum atomic E-state index is -1.01. The molecule has 200 valence electrons. The fraction of sp³-hybridized carbons (Fsp3) is 0.286. The van der Waals surface area contributed by atoms with Crippen LogP contribution in [0.25, 0.3) is 28.0 Å². The molecule has 2 aromatic heterocycles. The van der Waals surface area contributed by atoms with Gasteiger partial charge in [-0.2, -0.15) is 4.98 Å². The molecule has 2 fully saturated rings. The molecule has 4 aromatic rings. The van der Waals surface area contributed by atoms with E-state index in [2.05, 4.69) is 4.98 Å². The molecule has 1 unspecified atom stereocenters. The van der Waals surface area contributed by atoms with Crippen molar-refractivity contribution in [3.8, 4) is 22.7 Å². The van der Waals surface area contributed by atoms with E-state index in [4.69, 9.17) is 16.6 Å². The number of benzene rings is 2. The highest BCUT2D eigenvalue weighted by atomic mass is 35.5. The van der Waals surface area contributed by atoms with Crippen molar-refractivity contribution in [2.45, 2.75) is 31.7 Å². The van der Waals surface area contributed by atoms with Crippen molar-refractivity contribution in [2.75, 3.05) is 24.5 Å². The van der Waals surface area contributed by atoms with Crippen molar-refractivity contribution in [1.29, 1.82) is 0 Å². The van der Waals surface area contributed by atoms with Crippen molar-refractivity contribution >= 4 is 34.5 Å². The number of rotatable bonds is 4. The number of aromatic hydroxyl groups is 1. The molecule has 2 aliphatic rings. The van der Waals surface area contributed by atoms with Crippen molar-refractivity contribution in [3.63, 3.8) is 0 Å². The summed E-state index contributed by atoms with van der Waals surface area (Å²) in [6, 6.07) is 12.8. The van der Waals surface area contributed by atoms with E-state index in [1.807, 2.05) is 36.1 Å². The van der Waals surface area contributed by atoms with Gasteiger partial charge in [-0.05, 0) is 55.5 Å². The number of phenols is 1. The van der Waals surface area contributed by atoms with Gasteiger partial charge in [-0.15, -0.1) is 0 Å². The molecular formula is C28H25ClFN5O4. The normalized spacial score (nSPS) is 17.6. The smallest absolute Gasteiger partial charge is 0.407 e. The summed E-state index contributed by atoms with van der Waals surface area (Å²) in [4.78, 5) is 37.7. The Morgan fingerprint density at radius 3 is 2.56 bits per heavy atom. The number of hydrogen-bond acceptors (Lipinski definition) is 6. The summed E-state index contributed by atoms with van der Waals surface area (Å²) < 4.78 is 16.3. The number of hydrogen-bond donors (Lipinski definition) is 2. The molecule has 39 heavy (non-hydrogen) atoms. The first-order valence-corrected chi connectivity index (χ1v) is 13.1. The Balaban J connectivity index is 1.63.